The average molecular weight is 292 g/mol. The fraction of sp³-hybridized carbons (Fsp3) is 0.600. The van der Waals surface area contributed by atoms with Crippen LogP contribution in [-0.4, -0.2) is 45.6 Å². The molecule has 6 heteroatoms. The van der Waals surface area contributed by atoms with Gasteiger partial charge < -0.3 is 19.3 Å². The van der Waals surface area contributed by atoms with Gasteiger partial charge in [0.15, 0.2) is 0 Å². The van der Waals surface area contributed by atoms with E-state index in [0.717, 1.165) is 19.4 Å². The number of aromatic carboxylic acids is 1. The summed E-state index contributed by atoms with van der Waals surface area (Å²) in [4.78, 5) is 26.2. The number of carbonyl (C=O) groups is 2. The van der Waals surface area contributed by atoms with Gasteiger partial charge in [0.05, 0.1) is 24.5 Å². The van der Waals surface area contributed by atoms with E-state index in [1.165, 1.54) is 0 Å². The summed E-state index contributed by atoms with van der Waals surface area (Å²) in [6.07, 6.45) is 2.02. The standard InChI is InChI=1S/C15H20N2O4/c1-9-4-3-5-16(9)14(18)13-10(2)12(15(19)20)11-8-21-7-6-17(11)13/h9H,3-8H2,1-2H3,(H,19,20). The molecule has 0 aromatic carbocycles. The number of rotatable bonds is 2. The van der Waals surface area contributed by atoms with Gasteiger partial charge in [0.2, 0.25) is 0 Å². The lowest BCUT2D eigenvalue weighted by molar-refractivity contribution is 0.0640. The molecule has 114 valence electrons. The molecule has 21 heavy (non-hydrogen) atoms. The van der Waals surface area contributed by atoms with Crippen molar-refractivity contribution in [1.29, 1.82) is 0 Å². The predicted octanol–water partition coefficient (Wildman–Crippen LogP) is 1.65. The number of likely N-dealkylation sites (tertiary alicyclic amines) is 1. The molecule has 0 aliphatic carbocycles. The largest absolute Gasteiger partial charge is 0.478 e. The van der Waals surface area contributed by atoms with Crippen molar-refractivity contribution < 1.29 is 19.4 Å². The van der Waals surface area contributed by atoms with Gasteiger partial charge >= 0.3 is 5.97 Å². The molecule has 1 unspecified atom stereocenters. The molecule has 0 bridgehead atoms. The van der Waals surface area contributed by atoms with E-state index >= 15 is 0 Å². The average Bonchev–Trinajstić information content (AvgIpc) is 2.98. The van der Waals surface area contributed by atoms with Crippen LogP contribution in [0, 0.1) is 6.92 Å². The van der Waals surface area contributed by atoms with Crippen LogP contribution in [0.2, 0.25) is 0 Å². The summed E-state index contributed by atoms with van der Waals surface area (Å²) in [5.74, 6) is -1.04. The van der Waals surface area contributed by atoms with E-state index in [1.54, 1.807) is 6.92 Å². The second-order valence-electron chi connectivity index (χ2n) is 5.79. The molecule has 3 rings (SSSR count). The number of amides is 1. The monoisotopic (exact) mass is 292 g/mol. The Hall–Kier alpha value is -1.82. The van der Waals surface area contributed by atoms with Gasteiger partial charge in [0.25, 0.3) is 5.91 Å². The Kier molecular flexibility index (Phi) is 3.49. The number of carbonyl (C=O) groups excluding carboxylic acids is 1. The second kappa shape index (κ2) is 5.18. The minimum Gasteiger partial charge on any atom is -0.478 e. The molecule has 1 atom stereocenters. The van der Waals surface area contributed by atoms with Gasteiger partial charge in [-0.2, -0.15) is 0 Å². The summed E-state index contributed by atoms with van der Waals surface area (Å²) < 4.78 is 7.22. The third kappa shape index (κ3) is 2.14. The number of carboxylic acid groups (broad SMARTS) is 1. The zero-order chi connectivity index (χ0) is 15.1. The molecule has 0 saturated carbocycles. The molecule has 1 amide bonds. The van der Waals surface area contributed by atoms with Crippen molar-refractivity contribution in [2.24, 2.45) is 0 Å². The molecular formula is C15H20N2O4. The Labute approximate surface area is 123 Å². The van der Waals surface area contributed by atoms with Crippen LogP contribution in [0.15, 0.2) is 0 Å². The lowest BCUT2D eigenvalue weighted by Gasteiger charge is -2.24. The highest BCUT2D eigenvalue weighted by molar-refractivity contribution is 6.00. The van der Waals surface area contributed by atoms with Gasteiger partial charge in [-0.3, -0.25) is 4.79 Å². The van der Waals surface area contributed by atoms with Crippen molar-refractivity contribution in [2.75, 3.05) is 13.2 Å². The van der Waals surface area contributed by atoms with Crippen LogP contribution in [0.3, 0.4) is 0 Å². The van der Waals surface area contributed by atoms with Crippen molar-refractivity contribution in [3.63, 3.8) is 0 Å². The quantitative estimate of drug-likeness (QED) is 0.899. The van der Waals surface area contributed by atoms with Gasteiger partial charge in [-0.15, -0.1) is 0 Å². The third-order valence-corrected chi connectivity index (χ3v) is 4.54. The van der Waals surface area contributed by atoms with Crippen molar-refractivity contribution in [3.05, 3.63) is 22.5 Å². The number of ether oxygens (including phenoxy) is 1. The van der Waals surface area contributed by atoms with Crippen LogP contribution in [-0.2, 0) is 17.9 Å². The SMILES string of the molecule is Cc1c(C(=O)O)c2n(c1C(=O)N1CCCC1C)CCOC2. The van der Waals surface area contributed by atoms with E-state index in [9.17, 15) is 14.7 Å². The van der Waals surface area contributed by atoms with Gasteiger partial charge in [0, 0.05) is 19.1 Å². The van der Waals surface area contributed by atoms with E-state index in [1.807, 2.05) is 16.4 Å². The number of hydrogen-bond donors (Lipinski definition) is 1. The van der Waals surface area contributed by atoms with Crippen LogP contribution in [0.4, 0.5) is 0 Å². The summed E-state index contributed by atoms with van der Waals surface area (Å²) in [7, 11) is 0. The van der Waals surface area contributed by atoms with Crippen LogP contribution < -0.4 is 0 Å². The zero-order valence-corrected chi connectivity index (χ0v) is 12.4. The van der Waals surface area contributed by atoms with Gasteiger partial charge in [-0.25, -0.2) is 4.79 Å². The van der Waals surface area contributed by atoms with Crippen LogP contribution in [0.5, 0.6) is 0 Å². The molecule has 6 nitrogen and oxygen atoms in total. The summed E-state index contributed by atoms with van der Waals surface area (Å²) >= 11 is 0. The van der Waals surface area contributed by atoms with Gasteiger partial charge in [-0.1, -0.05) is 0 Å². The van der Waals surface area contributed by atoms with Crippen LogP contribution >= 0.6 is 0 Å². The highest BCUT2D eigenvalue weighted by Gasteiger charge is 2.34. The third-order valence-electron chi connectivity index (χ3n) is 4.54. The molecule has 3 heterocycles. The summed E-state index contributed by atoms with van der Waals surface area (Å²) in [6, 6.07) is 0.219. The number of nitrogens with zero attached hydrogens (tertiary/aromatic N) is 2. The van der Waals surface area contributed by atoms with Crippen molar-refractivity contribution in [3.8, 4) is 0 Å². The number of carboxylic acids is 1. The second-order valence-corrected chi connectivity index (χ2v) is 5.79. The fourth-order valence-corrected chi connectivity index (χ4v) is 3.46. The topological polar surface area (TPSA) is 71.8 Å². The van der Waals surface area contributed by atoms with Gasteiger partial charge in [-0.05, 0) is 32.3 Å². The van der Waals surface area contributed by atoms with Crippen molar-refractivity contribution >= 4 is 11.9 Å². The predicted molar refractivity (Wildman–Crippen MR) is 75.5 cm³/mol. The first-order valence-electron chi connectivity index (χ1n) is 7.36. The first-order valence-corrected chi connectivity index (χ1v) is 7.36. The first kappa shape index (κ1) is 14.1. The molecule has 0 radical (unpaired) electrons. The zero-order valence-electron chi connectivity index (χ0n) is 12.4. The van der Waals surface area contributed by atoms with E-state index in [4.69, 9.17) is 4.74 Å². The lowest BCUT2D eigenvalue weighted by atomic mass is 10.1. The van der Waals surface area contributed by atoms with E-state index < -0.39 is 5.97 Å². The Morgan fingerprint density at radius 1 is 1.33 bits per heavy atom. The van der Waals surface area contributed by atoms with E-state index in [2.05, 4.69) is 0 Å². The molecule has 2 aliphatic heterocycles. The Morgan fingerprint density at radius 3 is 2.71 bits per heavy atom. The molecule has 1 fully saturated rings. The first-order chi connectivity index (χ1) is 10.0. The molecule has 1 aromatic rings. The normalized spacial score (nSPS) is 21.4. The summed E-state index contributed by atoms with van der Waals surface area (Å²) in [5.41, 5.74) is 1.93. The molecule has 1 N–H and O–H groups in total. The van der Waals surface area contributed by atoms with E-state index in [-0.39, 0.29) is 24.1 Å². The smallest absolute Gasteiger partial charge is 0.337 e. The van der Waals surface area contributed by atoms with Crippen LogP contribution in [0.1, 0.15) is 51.9 Å². The Bertz CT molecular complexity index is 605. The van der Waals surface area contributed by atoms with Crippen molar-refractivity contribution in [2.45, 2.75) is 45.9 Å². The maximum atomic E-state index is 12.9. The molecule has 2 aliphatic rings. The minimum atomic E-state index is -0.990. The molecule has 1 aromatic heterocycles. The minimum absolute atomic E-state index is 0.0480. The maximum Gasteiger partial charge on any atom is 0.337 e. The summed E-state index contributed by atoms with van der Waals surface area (Å²) in [6.45, 7) is 5.82. The lowest BCUT2D eigenvalue weighted by Crippen LogP contribution is -2.36. The number of hydrogen-bond acceptors (Lipinski definition) is 3. The maximum absolute atomic E-state index is 12.9. The molecule has 1 saturated heterocycles. The van der Waals surface area contributed by atoms with E-state index in [0.29, 0.717) is 30.1 Å². The Balaban J connectivity index is 2.09. The van der Waals surface area contributed by atoms with Crippen LogP contribution in [0.25, 0.3) is 0 Å². The van der Waals surface area contributed by atoms with Gasteiger partial charge in [0.1, 0.15) is 5.69 Å². The molecular weight excluding hydrogens is 272 g/mol. The Morgan fingerprint density at radius 2 is 2.10 bits per heavy atom. The highest BCUT2D eigenvalue weighted by Crippen LogP contribution is 2.29. The molecule has 0 spiro atoms. The number of aromatic nitrogens is 1. The highest BCUT2D eigenvalue weighted by atomic mass is 16.5. The van der Waals surface area contributed by atoms with Crippen molar-refractivity contribution in [1.82, 2.24) is 9.47 Å². The fourth-order valence-electron chi connectivity index (χ4n) is 3.46. The summed E-state index contributed by atoms with van der Waals surface area (Å²) in [5, 5.41) is 9.44. The number of fused-ring (bicyclic) bond motifs is 1.